The molecule has 4 heteroatoms. The molecule has 0 radical (unpaired) electrons. The molecule has 1 aromatic carbocycles. The summed E-state index contributed by atoms with van der Waals surface area (Å²) < 4.78 is 27.5. The van der Waals surface area contributed by atoms with Crippen LogP contribution in [0.2, 0.25) is 0 Å². The lowest BCUT2D eigenvalue weighted by Crippen LogP contribution is -2.32. The van der Waals surface area contributed by atoms with E-state index in [0.717, 1.165) is 19.4 Å². The Hall–Kier alpha value is -1.81. The van der Waals surface area contributed by atoms with E-state index in [-0.39, 0.29) is 11.6 Å². The molecule has 1 heterocycles. The molecule has 2 aromatic rings. The third-order valence-corrected chi connectivity index (χ3v) is 3.54. The molecule has 0 saturated carbocycles. The van der Waals surface area contributed by atoms with Gasteiger partial charge in [0.05, 0.1) is 0 Å². The fourth-order valence-electron chi connectivity index (χ4n) is 2.43. The molecule has 1 unspecified atom stereocenters. The van der Waals surface area contributed by atoms with Crippen molar-refractivity contribution in [3.63, 3.8) is 0 Å². The first-order valence-electron chi connectivity index (χ1n) is 7.26. The first-order valence-corrected chi connectivity index (χ1v) is 7.26. The first kappa shape index (κ1) is 15.6. The maximum absolute atomic E-state index is 13.7. The van der Waals surface area contributed by atoms with E-state index in [0.29, 0.717) is 6.42 Å². The van der Waals surface area contributed by atoms with Gasteiger partial charge in [-0.3, -0.25) is 4.98 Å². The average Bonchev–Trinajstić information content (AvgIpc) is 2.49. The van der Waals surface area contributed by atoms with Gasteiger partial charge >= 0.3 is 0 Å². The van der Waals surface area contributed by atoms with Crippen LogP contribution in [0.5, 0.6) is 0 Å². The SMILES string of the molecule is CCNC(CCc1ccncc1)Cc1c(F)cccc1F. The Balaban J connectivity index is 2.02. The van der Waals surface area contributed by atoms with Crippen molar-refractivity contribution >= 4 is 0 Å². The van der Waals surface area contributed by atoms with Crippen molar-refractivity contribution in [2.45, 2.75) is 32.2 Å². The van der Waals surface area contributed by atoms with Gasteiger partial charge < -0.3 is 5.32 Å². The molecule has 112 valence electrons. The van der Waals surface area contributed by atoms with Crippen LogP contribution in [-0.4, -0.2) is 17.6 Å². The van der Waals surface area contributed by atoms with Crippen molar-refractivity contribution in [2.24, 2.45) is 0 Å². The van der Waals surface area contributed by atoms with Gasteiger partial charge in [-0.25, -0.2) is 8.78 Å². The molecule has 2 nitrogen and oxygen atoms in total. The Labute approximate surface area is 124 Å². The summed E-state index contributed by atoms with van der Waals surface area (Å²) in [6.07, 6.45) is 5.56. The quantitative estimate of drug-likeness (QED) is 0.844. The molecule has 0 aliphatic heterocycles. The maximum atomic E-state index is 13.7. The summed E-state index contributed by atoms with van der Waals surface area (Å²) in [5.41, 5.74) is 1.35. The Bertz CT molecular complexity index is 538. The second-order valence-corrected chi connectivity index (χ2v) is 5.05. The van der Waals surface area contributed by atoms with Gasteiger partial charge in [-0.05, 0) is 55.6 Å². The van der Waals surface area contributed by atoms with Crippen molar-refractivity contribution in [2.75, 3.05) is 6.54 Å². The van der Waals surface area contributed by atoms with E-state index in [9.17, 15) is 8.78 Å². The maximum Gasteiger partial charge on any atom is 0.129 e. The number of hydrogen-bond donors (Lipinski definition) is 1. The number of hydrogen-bond acceptors (Lipinski definition) is 2. The molecule has 1 N–H and O–H groups in total. The van der Waals surface area contributed by atoms with E-state index in [1.165, 1.54) is 23.8 Å². The minimum absolute atomic E-state index is 0.0505. The Morgan fingerprint density at radius 3 is 2.38 bits per heavy atom. The molecule has 0 amide bonds. The number of aryl methyl sites for hydroxylation is 1. The summed E-state index contributed by atoms with van der Waals surface area (Å²) in [5, 5.41) is 3.31. The van der Waals surface area contributed by atoms with Gasteiger partial charge in [-0.15, -0.1) is 0 Å². The number of halogens is 2. The van der Waals surface area contributed by atoms with Crippen LogP contribution < -0.4 is 5.32 Å². The molecule has 0 saturated heterocycles. The summed E-state index contributed by atoms with van der Waals surface area (Å²) in [7, 11) is 0. The van der Waals surface area contributed by atoms with Crippen molar-refractivity contribution in [1.29, 1.82) is 0 Å². The zero-order valence-electron chi connectivity index (χ0n) is 12.2. The van der Waals surface area contributed by atoms with E-state index in [1.807, 2.05) is 19.1 Å². The van der Waals surface area contributed by atoms with E-state index in [2.05, 4.69) is 10.3 Å². The molecule has 0 spiro atoms. The third-order valence-electron chi connectivity index (χ3n) is 3.54. The van der Waals surface area contributed by atoms with Gasteiger partial charge in [0, 0.05) is 24.0 Å². The van der Waals surface area contributed by atoms with Crippen LogP contribution >= 0.6 is 0 Å². The molecular formula is C17H20F2N2. The van der Waals surface area contributed by atoms with Gasteiger partial charge in [-0.2, -0.15) is 0 Å². The fraction of sp³-hybridized carbons (Fsp3) is 0.353. The van der Waals surface area contributed by atoms with Crippen LogP contribution in [0.15, 0.2) is 42.7 Å². The zero-order chi connectivity index (χ0) is 15.1. The highest BCUT2D eigenvalue weighted by Crippen LogP contribution is 2.16. The lowest BCUT2D eigenvalue weighted by atomic mass is 9.98. The predicted octanol–water partition coefficient (Wildman–Crippen LogP) is 3.51. The monoisotopic (exact) mass is 290 g/mol. The topological polar surface area (TPSA) is 24.9 Å². The van der Waals surface area contributed by atoms with Crippen molar-refractivity contribution in [3.05, 3.63) is 65.5 Å². The highest BCUT2D eigenvalue weighted by atomic mass is 19.1. The van der Waals surface area contributed by atoms with Crippen LogP contribution in [0.4, 0.5) is 8.78 Å². The van der Waals surface area contributed by atoms with Gasteiger partial charge in [0.15, 0.2) is 0 Å². The van der Waals surface area contributed by atoms with Crippen molar-refractivity contribution in [1.82, 2.24) is 10.3 Å². The van der Waals surface area contributed by atoms with Gasteiger partial charge in [-0.1, -0.05) is 13.0 Å². The Morgan fingerprint density at radius 2 is 1.76 bits per heavy atom. The second kappa shape index (κ2) is 7.84. The van der Waals surface area contributed by atoms with Gasteiger partial charge in [0.2, 0.25) is 0 Å². The molecular weight excluding hydrogens is 270 g/mol. The number of rotatable bonds is 7. The number of aromatic nitrogens is 1. The van der Waals surface area contributed by atoms with Crippen molar-refractivity contribution < 1.29 is 8.78 Å². The summed E-state index contributed by atoms with van der Waals surface area (Å²) >= 11 is 0. The normalized spacial score (nSPS) is 12.3. The Morgan fingerprint density at radius 1 is 1.10 bits per heavy atom. The third kappa shape index (κ3) is 4.60. The summed E-state index contributed by atoms with van der Waals surface area (Å²) in [6.45, 7) is 2.77. The van der Waals surface area contributed by atoms with E-state index < -0.39 is 11.6 Å². The second-order valence-electron chi connectivity index (χ2n) is 5.05. The minimum atomic E-state index is -0.471. The molecule has 1 aromatic heterocycles. The Kier molecular flexibility index (Phi) is 5.81. The summed E-state index contributed by atoms with van der Waals surface area (Å²) in [4.78, 5) is 3.98. The van der Waals surface area contributed by atoms with E-state index >= 15 is 0 Å². The van der Waals surface area contributed by atoms with Crippen LogP contribution in [0.1, 0.15) is 24.5 Å². The lowest BCUT2D eigenvalue weighted by Gasteiger charge is -2.18. The molecule has 1 atom stereocenters. The number of nitrogens with zero attached hydrogens (tertiary/aromatic N) is 1. The van der Waals surface area contributed by atoms with Crippen molar-refractivity contribution in [3.8, 4) is 0 Å². The molecule has 2 rings (SSSR count). The summed E-state index contributed by atoms with van der Waals surface area (Å²) in [6, 6.07) is 8.00. The average molecular weight is 290 g/mol. The lowest BCUT2D eigenvalue weighted by molar-refractivity contribution is 0.464. The largest absolute Gasteiger partial charge is 0.314 e. The van der Waals surface area contributed by atoms with Crippen LogP contribution in [0, 0.1) is 11.6 Å². The predicted molar refractivity (Wildman–Crippen MR) is 80.1 cm³/mol. The summed E-state index contributed by atoms with van der Waals surface area (Å²) in [5.74, 6) is -0.941. The standard InChI is InChI=1S/C17H20F2N2/c1-2-21-14(7-6-13-8-10-20-11-9-13)12-15-16(18)4-3-5-17(15)19/h3-5,8-11,14,21H,2,6-7,12H2,1H3. The van der Waals surface area contributed by atoms with E-state index in [1.54, 1.807) is 12.4 Å². The molecule has 0 aliphatic rings. The van der Waals surface area contributed by atoms with Gasteiger partial charge in [0.25, 0.3) is 0 Å². The van der Waals surface area contributed by atoms with Crippen LogP contribution in [0.3, 0.4) is 0 Å². The molecule has 0 fully saturated rings. The van der Waals surface area contributed by atoms with Gasteiger partial charge in [0.1, 0.15) is 11.6 Å². The molecule has 0 aliphatic carbocycles. The number of likely N-dealkylation sites (N-methyl/N-ethyl adjacent to an activating group) is 1. The van der Waals surface area contributed by atoms with E-state index in [4.69, 9.17) is 0 Å². The first-order chi connectivity index (χ1) is 10.2. The number of benzene rings is 1. The molecule has 0 bridgehead atoms. The minimum Gasteiger partial charge on any atom is -0.314 e. The molecule has 21 heavy (non-hydrogen) atoms. The smallest absolute Gasteiger partial charge is 0.129 e. The fourth-order valence-corrected chi connectivity index (χ4v) is 2.43. The highest BCUT2D eigenvalue weighted by Gasteiger charge is 2.15. The van der Waals surface area contributed by atoms with Crippen LogP contribution in [0.25, 0.3) is 0 Å². The number of pyridine rings is 1. The van der Waals surface area contributed by atoms with Crippen LogP contribution in [-0.2, 0) is 12.8 Å². The highest BCUT2D eigenvalue weighted by molar-refractivity contribution is 5.21. The zero-order valence-corrected chi connectivity index (χ0v) is 12.2. The number of nitrogens with one attached hydrogen (secondary N) is 1.